The van der Waals surface area contributed by atoms with Gasteiger partial charge in [-0.05, 0) is 19.0 Å². The molecule has 0 amide bonds. The van der Waals surface area contributed by atoms with Crippen LogP contribution >= 0.6 is 0 Å². The maximum atomic E-state index is 11.3. The van der Waals surface area contributed by atoms with Crippen LogP contribution in [-0.2, 0) is 0 Å². The number of nitrogens with one attached hydrogen (secondary N) is 1. The SMILES string of the molecule is FC(F)=CC1CCN1. The van der Waals surface area contributed by atoms with E-state index in [9.17, 15) is 8.78 Å². The zero-order valence-electron chi connectivity index (χ0n) is 4.32. The van der Waals surface area contributed by atoms with Gasteiger partial charge in [-0.2, -0.15) is 8.78 Å². The fourth-order valence-electron chi connectivity index (χ4n) is 0.605. The molecule has 0 spiro atoms. The minimum Gasteiger partial charge on any atom is -0.310 e. The van der Waals surface area contributed by atoms with Gasteiger partial charge in [0.25, 0.3) is 6.08 Å². The lowest BCUT2D eigenvalue weighted by molar-refractivity contribution is 0.380. The molecule has 0 aliphatic carbocycles. The monoisotopic (exact) mass is 119 g/mol. The molecule has 0 aromatic heterocycles. The summed E-state index contributed by atoms with van der Waals surface area (Å²) in [5, 5.41) is 2.82. The predicted molar refractivity (Wildman–Crippen MR) is 26.7 cm³/mol. The van der Waals surface area contributed by atoms with E-state index in [0.717, 1.165) is 19.0 Å². The van der Waals surface area contributed by atoms with E-state index in [1.54, 1.807) is 0 Å². The van der Waals surface area contributed by atoms with E-state index in [1.165, 1.54) is 0 Å². The Kier molecular flexibility index (Phi) is 1.58. The normalized spacial score (nSPS) is 26.5. The maximum absolute atomic E-state index is 11.3. The topological polar surface area (TPSA) is 12.0 Å². The van der Waals surface area contributed by atoms with Crippen molar-refractivity contribution in [1.82, 2.24) is 5.32 Å². The second-order valence-electron chi connectivity index (χ2n) is 1.81. The van der Waals surface area contributed by atoms with Crippen LogP contribution in [-0.4, -0.2) is 12.6 Å². The van der Waals surface area contributed by atoms with E-state index in [4.69, 9.17) is 0 Å². The third kappa shape index (κ3) is 1.26. The van der Waals surface area contributed by atoms with Gasteiger partial charge in [0.1, 0.15) is 0 Å². The zero-order valence-corrected chi connectivity index (χ0v) is 4.32. The zero-order chi connectivity index (χ0) is 5.98. The number of rotatable bonds is 1. The van der Waals surface area contributed by atoms with Crippen LogP contribution < -0.4 is 5.32 Å². The highest BCUT2D eigenvalue weighted by atomic mass is 19.3. The summed E-state index contributed by atoms with van der Waals surface area (Å²) in [5.41, 5.74) is 0. The Morgan fingerprint density at radius 2 is 2.25 bits per heavy atom. The summed E-state index contributed by atoms with van der Waals surface area (Å²) in [4.78, 5) is 0. The van der Waals surface area contributed by atoms with Gasteiger partial charge in [0.15, 0.2) is 0 Å². The third-order valence-electron chi connectivity index (χ3n) is 1.19. The average molecular weight is 119 g/mol. The van der Waals surface area contributed by atoms with Crippen molar-refractivity contribution < 1.29 is 8.78 Å². The lowest BCUT2D eigenvalue weighted by atomic mass is 10.1. The van der Waals surface area contributed by atoms with Gasteiger partial charge < -0.3 is 5.32 Å². The van der Waals surface area contributed by atoms with Crippen LogP contribution in [0.5, 0.6) is 0 Å². The van der Waals surface area contributed by atoms with Crippen LogP contribution in [0, 0.1) is 0 Å². The van der Waals surface area contributed by atoms with Crippen molar-refractivity contribution in [2.24, 2.45) is 0 Å². The molecule has 0 saturated carbocycles. The Balaban J connectivity index is 2.27. The molecule has 8 heavy (non-hydrogen) atoms. The highest BCUT2D eigenvalue weighted by Crippen LogP contribution is 2.07. The van der Waals surface area contributed by atoms with Crippen LogP contribution in [0.4, 0.5) is 8.78 Å². The molecule has 0 bridgehead atoms. The molecule has 1 saturated heterocycles. The first-order chi connectivity index (χ1) is 3.79. The molecule has 1 rings (SSSR count). The van der Waals surface area contributed by atoms with Crippen molar-refractivity contribution in [3.8, 4) is 0 Å². The van der Waals surface area contributed by atoms with Crippen molar-refractivity contribution in [1.29, 1.82) is 0 Å². The van der Waals surface area contributed by atoms with Crippen LogP contribution in [0.1, 0.15) is 6.42 Å². The van der Waals surface area contributed by atoms with Crippen LogP contribution in [0.15, 0.2) is 12.2 Å². The van der Waals surface area contributed by atoms with Crippen molar-refractivity contribution in [3.63, 3.8) is 0 Å². The molecule has 0 aromatic rings. The summed E-state index contributed by atoms with van der Waals surface area (Å²) in [6, 6.07) is -0.0556. The minimum atomic E-state index is -1.58. The lowest BCUT2D eigenvalue weighted by Crippen LogP contribution is -2.41. The molecule has 1 aliphatic heterocycles. The van der Waals surface area contributed by atoms with Gasteiger partial charge in [0, 0.05) is 6.04 Å². The molecule has 1 fully saturated rings. The van der Waals surface area contributed by atoms with Gasteiger partial charge in [-0.1, -0.05) is 0 Å². The van der Waals surface area contributed by atoms with Gasteiger partial charge in [-0.25, -0.2) is 0 Å². The standard InChI is InChI=1S/C5H7F2N/c6-5(7)3-4-1-2-8-4/h3-4,8H,1-2H2. The van der Waals surface area contributed by atoms with E-state index in [0.29, 0.717) is 0 Å². The summed E-state index contributed by atoms with van der Waals surface area (Å²) in [7, 11) is 0. The van der Waals surface area contributed by atoms with Gasteiger partial charge in [0.2, 0.25) is 0 Å². The third-order valence-corrected chi connectivity index (χ3v) is 1.19. The maximum Gasteiger partial charge on any atom is 0.267 e. The molecule has 46 valence electrons. The summed E-state index contributed by atoms with van der Waals surface area (Å²) >= 11 is 0. The molecule has 1 heterocycles. The Morgan fingerprint density at radius 1 is 1.62 bits per heavy atom. The van der Waals surface area contributed by atoms with Crippen molar-refractivity contribution in [3.05, 3.63) is 12.2 Å². The highest BCUT2D eigenvalue weighted by Gasteiger charge is 2.13. The minimum absolute atomic E-state index is 0.0556. The molecule has 1 atom stereocenters. The molecular weight excluding hydrogens is 112 g/mol. The second-order valence-corrected chi connectivity index (χ2v) is 1.81. The quantitative estimate of drug-likeness (QED) is 0.545. The molecular formula is C5H7F2N. The highest BCUT2D eigenvalue weighted by molar-refractivity contribution is 4.97. The Hall–Kier alpha value is -0.440. The van der Waals surface area contributed by atoms with Crippen LogP contribution in [0.2, 0.25) is 0 Å². The van der Waals surface area contributed by atoms with Crippen LogP contribution in [0.3, 0.4) is 0 Å². The molecule has 0 radical (unpaired) electrons. The van der Waals surface area contributed by atoms with Crippen molar-refractivity contribution in [2.45, 2.75) is 12.5 Å². The first-order valence-corrected chi connectivity index (χ1v) is 2.55. The summed E-state index contributed by atoms with van der Waals surface area (Å²) < 4.78 is 22.7. The molecule has 3 heteroatoms. The molecule has 0 aromatic carbocycles. The first-order valence-electron chi connectivity index (χ1n) is 2.55. The van der Waals surface area contributed by atoms with Crippen molar-refractivity contribution >= 4 is 0 Å². The number of hydrogen-bond acceptors (Lipinski definition) is 1. The Morgan fingerprint density at radius 3 is 2.38 bits per heavy atom. The Labute approximate surface area is 46.4 Å². The van der Waals surface area contributed by atoms with E-state index in [-0.39, 0.29) is 6.04 Å². The molecule has 1 aliphatic rings. The number of hydrogen-bond donors (Lipinski definition) is 1. The van der Waals surface area contributed by atoms with Crippen LogP contribution in [0.25, 0.3) is 0 Å². The summed E-state index contributed by atoms with van der Waals surface area (Å²) in [6.07, 6.45) is 0.211. The summed E-state index contributed by atoms with van der Waals surface area (Å²) in [5.74, 6) is 0. The molecule has 1 N–H and O–H groups in total. The largest absolute Gasteiger partial charge is 0.310 e. The van der Waals surface area contributed by atoms with E-state index in [1.807, 2.05) is 0 Å². The fraction of sp³-hybridized carbons (Fsp3) is 0.600. The fourth-order valence-corrected chi connectivity index (χ4v) is 0.605. The van der Waals surface area contributed by atoms with Crippen molar-refractivity contribution in [2.75, 3.05) is 6.54 Å². The predicted octanol–water partition coefficient (Wildman–Crippen LogP) is 1.13. The smallest absolute Gasteiger partial charge is 0.267 e. The Bertz CT molecular complexity index is 103. The van der Waals surface area contributed by atoms with Gasteiger partial charge in [-0.3, -0.25) is 0 Å². The molecule has 1 unspecified atom stereocenters. The summed E-state index contributed by atoms with van der Waals surface area (Å²) in [6.45, 7) is 0.869. The van der Waals surface area contributed by atoms with E-state index in [2.05, 4.69) is 5.32 Å². The van der Waals surface area contributed by atoms with E-state index >= 15 is 0 Å². The lowest BCUT2D eigenvalue weighted by Gasteiger charge is -2.23. The van der Waals surface area contributed by atoms with E-state index < -0.39 is 6.08 Å². The second kappa shape index (κ2) is 2.22. The number of halogens is 2. The molecule has 1 nitrogen and oxygen atoms in total. The van der Waals surface area contributed by atoms with Gasteiger partial charge >= 0.3 is 0 Å². The van der Waals surface area contributed by atoms with Gasteiger partial charge in [0.05, 0.1) is 0 Å². The van der Waals surface area contributed by atoms with Gasteiger partial charge in [-0.15, -0.1) is 0 Å². The first kappa shape index (κ1) is 5.69. The average Bonchev–Trinajstić information content (AvgIpc) is 1.55.